The first-order valence-corrected chi connectivity index (χ1v) is 7.29. The fraction of sp³-hybridized carbons (Fsp3) is 0.462. The molecular weight excluding hydrogens is 260 g/mol. The van der Waals surface area contributed by atoms with E-state index in [2.05, 4.69) is 27.2 Å². The highest BCUT2D eigenvalue weighted by atomic mass is 32.2. The van der Waals surface area contributed by atoms with E-state index in [9.17, 15) is 0 Å². The predicted molar refractivity (Wildman–Crippen MR) is 73.5 cm³/mol. The Bertz CT molecular complexity index is 566. The summed E-state index contributed by atoms with van der Waals surface area (Å²) in [6, 6.07) is 0. The van der Waals surface area contributed by atoms with E-state index >= 15 is 0 Å². The van der Waals surface area contributed by atoms with Crippen molar-refractivity contribution in [2.75, 3.05) is 11.9 Å². The topological polar surface area (TPSA) is 63.8 Å². The molecule has 0 aromatic carbocycles. The molecule has 0 amide bonds. The monoisotopic (exact) mass is 276 g/mol. The summed E-state index contributed by atoms with van der Waals surface area (Å²) >= 11 is 1.45. The lowest BCUT2D eigenvalue weighted by Crippen LogP contribution is -2.07. The van der Waals surface area contributed by atoms with Crippen LogP contribution < -0.4 is 5.32 Å². The molecule has 19 heavy (non-hydrogen) atoms. The number of rotatable bonds is 5. The van der Waals surface area contributed by atoms with Gasteiger partial charge in [-0.3, -0.25) is 0 Å². The number of anilines is 1. The lowest BCUT2D eigenvalue weighted by Gasteiger charge is -2.11. The van der Waals surface area contributed by atoms with Crippen LogP contribution in [0.1, 0.15) is 37.1 Å². The number of nitrogens with one attached hydrogen (secondary N) is 1. The number of hydrogen-bond acceptors (Lipinski definition) is 6. The van der Waals surface area contributed by atoms with Gasteiger partial charge in [-0.15, -0.1) is 0 Å². The molecular formula is C13H16N4OS. The fourth-order valence-corrected chi connectivity index (χ4v) is 2.59. The third-order valence-electron chi connectivity index (χ3n) is 3.00. The first-order chi connectivity index (χ1) is 9.28. The predicted octanol–water partition coefficient (Wildman–Crippen LogP) is 3.23. The van der Waals surface area contributed by atoms with E-state index in [-0.39, 0.29) is 0 Å². The van der Waals surface area contributed by atoms with Gasteiger partial charge in [0.2, 0.25) is 0 Å². The van der Waals surface area contributed by atoms with Crippen molar-refractivity contribution in [3.63, 3.8) is 0 Å². The van der Waals surface area contributed by atoms with Crippen LogP contribution >= 0.6 is 11.8 Å². The van der Waals surface area contributed by atoms with E-state index in [1.54, 1.807) is 12.5 Å². The Morgan fingerprint density at radius 3 is 2.89 bits per heavy atom. The van der Waals surface area contributed by atoms with Crippen LogP contribution in [0.4, 0.5) is 5.82 Å². The third-order valence-corrected chi connectivity index (χ3v) is 3.97. The molecule has 2 aromatic rings. The third kappa shape index (κ3) is 2.73. The minimum absolute atomic E-state index is 0.530. The Morgan fingerprint density at radius 1 is 1.42 bits per heavy atom. The first-order valence-electron chi connectivity index (χ1n) is 6.47. The normalized spacial score (nSPS) is 14.6. The minimum atomic E-state index is 0.530. The maximum absolute atomic E-state index is 5.28. The van der Waals surface area contributed by atoms with Crippen LogP contribution in [0.15, 0.2) is 27.1 Å². The maximum atomic E-state index is 5.28. The molecule has 0 spiro atoms. The highest BCUT2D eigenvalue weighted by Crippen LogP contribution is 2.40. The van der Waals surface area contributed by atoms with Gasteiger partial charge in [0.25, 0.3) is 5.22 Å². The lowest BCUT2D eigenvalue weighted by molar-refractivity contribution is 0.454. The fourth-order valence-electron chi connectivity index (χ4n) is 1.82. The van der Waals surface area contributed by atoms with Crippen molar-refractivity contribution in [2.24, 2.45) is 0 Å². The summed E-state index contributed by atoms with van der Waals surface area (Å²) < 4.78 is 5.28. The van der Waals surface area contributed by atoms with Crippen molar-refractivity contribution in [2.45, 2.75) is 42.9 Å². The molecule has 0 atom stereocenters. The highest BCUT2D eigenvalue weighted by Gasteiger charge is 2.28. The molecule has 1 saturated carbocycles. The highest BCUT2D eigenvalue weighted by molar-refractivity contribution is 7.99. The molecule has 1 aliphatic carbocycles. The summed E-state index contributed by atoms with van der Waals surface area (Å²) in [5, 5.41) is 4.85. The molecule has 0 bridgehead atoms. The summed E-state index contributed by atoms with van der Waals surface area (Å²) in [6.45, 7) is 4.95. The zero-order chi connectivity index (χ0) is 13.2. The van der Waals surface area contributed by atoms with Crippen molar-refractivity contribution in [3.05, 3.63) is 23.8 Å². The van der Waals surface area contributed by atoms with E-state index < -0.39 is 0 Å². The van der Waals surface area contributed by atoms with E-state index in [0.717, 1.165) is 28.8 Å². The molecule has 5 nitrogen and oxygen atoms in total. The average Bonchev–Trinajstić information content (AvgIpc) is 3.13. The number of oxazole rings is 1. The van der Waals surface area contributed by atoms with Crippen LogP contribution in [0.25, 0.3) is 0 Å². The Kier molecular flexibility index (Phi) is 3.42. The van der Waals surface area contributed by atoms with E-state index in [1.165, 1.54) is 24.6 Å². The summed E-state index contributed by atoms with van der Waals surface area (Å²) in [6.07, 6.45) is 5.60. The Labute approximate surface area is 116 Å². The molecule has 1 aliphatic rings. The summed E-state index contributed by atoms with van der Waals surface area (Å²) in [5.41, 5.74) is 1.05. The van der Waals surface area contributed by atoms with Crippen LogP contribution in [-0.4, -0.2) is 21.5 Å². The largest absolute Gasteiger partial charge is 0.440 e. The van der Waals surface area contributed by atoms with Crippen molar-refractivity contribution < 1.29 is 4.42 Å². The SMILES string of the molecule is CCNc1nc(C2CC2)nc(Sc2ncco2)c1C. The van der Waals surface area contributed by atoms with Gasteiger partial charge < -0.3 is 9.73 Å². The molecule has 0 saturated heterocycles. The minimum Gasteiger partial charge on any atom is -0.440 e. The molecule has 100 valence electrons. The zero-order valence-corrected chi connectivity index (χ0v) is 11.8. The van der Waals surface area contributed by atoms with Gasteiger partial charge in [0, 0.05) is 18.0 Å². The first kappa shape index (κ1) is 12.5. The van der Waals surface area contributed by atoms with Crippen LogP contribution in [0.3, 0.4) is 0 Å². The van der Waals surface area contributed by atoms with Crippen molar-refractivity contribution in [1.82, 2.24) is 15.0 Å². The molecule has 0 unspecified atom stereocenters. The molecule has 0 radical (unpaired) electrons. The average molecular weight is 276 g/mol. The van der Waals surface area contributed by atoms with E-state index in [4.69, 9.17) is 4.42 Å². The molecule has 6 heteroatoms. The van der Waals surface area contributed by atoms with Crippen molar-refractivity contribution in [3.8, 4) is 0 Å². The van der Waals surface area contributed by atoms with Crippen molar-refractivity contribution >= 4 is 17.6 Å². The van der Waals surface area contributed by atoms with Crippen LogP contribution in [0.2, 0.25) is 0 Å². The van der Waals surface area contributed by atoms with Gasteiger partial charge in [0.15, 0.2) is 0 Å². The molecule has 2 heterocycles. The van der Waals surface area contributed by atoms with Gasteiger partial charge in [-0.25, -0.2) is 15.0 Å². The molecule has 1 N–H and O–H groups in total. The van der Waals surface area contributed by atoms with Gasteiger partial charge in [0.1, 0.15) is 22.9 Å². The quantitative estimate of drug-likeness (QED) is 0.846. The smallest absolute Gasteiger partial charge is 0.261 e. The van der Waals surface area contributed by atoms with Gasteiger partial charge in [-0.05, 0) is 38.5 Å². The maximum Gasteiger partial charge on any atom is 0.261 e. The molecule has 0 aliphatic heterocycles. The molecule has 1 fully saturated rings. The number of nitrogens with zero attached hydrogens (tertiary/aromatic N) is 3. The van der Waals surface area contributed by atoms with Crippen LogP contribution in [-0.2, 0) is 0 Å². The molecule has 2 aromatic heterocycles. The van der Waals surface area contributed by atoms with Gasteiger partial charge in [0.05, 0.1) is 6.20 Å². The lowest BCUT2D eigenvalue weighted by atomic mass is 10.3. The Morgan fingerprint density at radius 2 is 2.26 bits per heavy atom. The standard InChI is InChI=1S/C13H16N4OS/c1-3-14-10-8(2)12(19-13-15-6-7-18-13)17-11(16-10)9-4-5-9/h6-7,9H,3-5H2,1-2H3,(H,14,16,17). The van der Waals surface area contributed by atoms with Gasteiger partial charge in [-0.1, -0.05) is 0 Å². The Hall–Kier alpha value is -1.56. The second-order valence-electron chi connectivity index (χ2n) is 4.57. The number of hydrogen-bond donors (Lipinski definition) is 1. The van der Waals surface area contributed by atoms with Gasteiger partial charge in [-0.2, -0.15) is 0 Å². The second kappa shape index (κ2) is 5.21. The van der Waals surface area contributed by atoms with E-state index in [0.29, 0.717) is 11.1 Å². The molecule has 3 rings (SSSR count). The number of aromatic nitrogens is 3. The van der Waals surface area contributed by atoms with Crippen LogP contribution in [0, 0.1) is 6.92 Å². The van der Waals surface area contributed by atoms with Crippen LogP contribution in [0.5, 0.6) is 0 Å². The summed E-state index contributed by atoms with van der Waals surface area (Å²) in [4.78, 5) is 13.4. The zero-order valence-electron chi connectivity index (χ0n) is 11.0. The Balaban J connectivity index is 1.96. The summed E-state index contributed by atoms with van der Waals surface area (Å²) in [5.74, 6) is 2.39. The van der Waals surface area contributed by atoms with E-state index in [1.807, 2.05) is 6.92 Å². The summed E-state index contributed by atoms with van der Waals surface area (Å²) in [7, 11) is 0. The second-order valence-corrected chi connectivity index (χ2v) is 5.51. The van der Waals surface area contributed by atoms with Crippen molar-refractivity contribution in [1.29, 1.82) is 0 Å². The van der Waals surface area contributed by atoms with Gasteiger partial charge >= 0.3 is 0 Å².